The number of benzene rings is 1. The highest BCUT2D eigenvalue weighted by Crippen LogP contribution is 2.22. The Kier molecular flexibility index (Phi) is 5.06. The van der Waals surface area contributed by atoms with Crippen molar-refractivity contribution < 1.29 is 9.90 Å². The Hall–Kier alpha value is -0.770. The number of amides is 1. The van der Waals surface area contributed by atoms with Crippen molar-refractivity contribution in [1.82, 2.24) is 5.32 Å². The molecule has 1 aromatic carbocycles. The summed E-state index contributed by atoms with van der Waals surface area (Å²) in [5, 5.41) is 12.5. The monoisotopic (exact) mass is 261 g/mol. The van der Waals surface area contributed by atoms with Crippen molar-refractivity contribution in [3.8, 4) is 0 Å². The van der Waals surface area contributed by atoms with Crippen molar-refractivity contribution in [1.29, 1.82) is 0 Å². The first-order chi connectivity index (χ1) is 7.49. The molecule has 0 bridgehead atoms. The van der Waals surface area contributed by atoms with E-state index in [0.29, 0.717) is 10.0 Å². The van der Waals surface area contributed by atoms with Crippen molar-refractivity contribution in [2.24, 2.45) is 0 Å². The third kappa shape index (κ3) is 4.39. The van der Waals surface area contributed by atoms with E-state index in [1.54, 1.807) is 25.1 Å². The lowest BCUT2D eigenvalue weighted by Gasteiger charge is -2.07. The molecule has 0 heterocycles. The van der Waals surface area contributed by atoms with Gasteiger partial charge in [-0.15, -0.1) is 0 Å². The van der Waals surface area contributed by atoms with Crippen LogP contribution in [0.2, 0.25) is 10.0 Å². The molecular formula is C11H13Cl2NO2. The summed E-state index contributed by atoms with van der Waals surface area (Å²) in [7, 11) is 0. The second-order valence-corrected chi connectivity index (χ2v) is 4.39. The van der Waals surface area contributed by atoms with Crippen LogP contribution in [0.5, 0.6) is 0 Å². The molecule has 0 unspecified atom stereocenters. The molecule has 0 aliphatic carbocycles. The zero-order valence-corrected chi connectivity index (χ0v) is 10.3. The van der Waals surface area contributed by atoms with Gasteiger partial charge in [0.2, 0.25) is 5.91 Å². The van der Waals surface area contributed by atoms with Crippen molar-refractivity contribution >= 4 is 29.1 Å². The molecule has 1 atom stereocenters. The fourth-order valence-electron chi connectivity index (χ4n) is 1.16. The summed E-state index contributed by atoms with van der Waals surface area (Å²) in [5.74, 6) is -0.153. The number of carbonyl (C=O) groups is 1. The van der Waals surface area contributed by atoms with Gasteiger partial charge < -0.3 is 10.4 Å². The lowest BCUT2D eigenvalue weighted by Crippen LogP contribution is -2.31. The maximum atomic E-state index is 11.4. The fourth-order valence-corrected chi connectivity index (χ4v) is 1.48. The van der Waals surface area contributed by atoms with Crippen LogP contribution >= 0.6 is 23.2 Å². The van der Waals surface area contributed by atoms with Crippen molar-refractivity contribution in [3.63, 3.8) is 0 Å². The maximum Gasteiger partial charge on any atom is 0.224 e. The zero-order chi connectivity index (χ0) is 12.1. The zero-order valence-electron chi connectivity index (χ0n) is 8.84. The molecule has 1 aromatic rings. The lowest BCUT2D eigenvalue weighted by atomic mass is 10.1. The van der Waals surface area contributed by atoms with E-state index in [9.17, 15) is 4.79 Å². The summed E-state index contributed by atoms with van der Waals surface area (Å²) in [4.78, 5) is 11.4. The SMILES string of the molecule is C[C@@H](O)CNC(=O)Cc1ccc(Cl)c(Cl)c1. The van der Waals surface area contributed by atoms with Crippen molar-refractivity contribution in [2.45, 2.75) is 19.4 Å². The largest absolute Gasteiger partial charge is 0.392 e. The Morgan fingerprint density at radius 3 is 2.69 bits per heavy atom. The van der Waals surface area contributed by atoms with Gasteiger partial charge in [0.25, 0.3) is 0 Å². The number of hydrogen-bond acceptors (Lipinski definition) is 2. The van der Waals surface area contributed by atoms with E-state index in [4.69, 9.17) is 28.3 Å². The Bertz CT molecular complexity index is 380. The molecule has 1 amide bonds. The Morgan fingerprint density at radius 2 is 2.12 bits per heavy atom. The van der Waals surface area contributed by atoms with Crippen molar-refractivity contribution in [2.75, 3.05) is 6.54 Å². The third-order valence-corrected chi connectivity index (χ3v) is 2.68. The molecule has 0 radical (unpaired) electrons. The second kappa shape index (κ2) is 6.09. The van der Waals surface area contributed by atoms with E-state index in [0.717, 1.165) is 5.56 Å². The molecule has 0 saturated carbocycles. The topological polar surface area (TPSA) is 49.3 Å². The van der Waals surface area contributed by atoms with E-state index in [-0.39, 0.29) is 18.9 Å². The summed E-state index contributed by atoms with van der Waals surface area (Å²) < 4.78 is 0. The number of halogens is 2. The van der Waals surface area contributed by atoms with Crippen LogP contribution in [-0.2, 0) is 11.2 Å². The fraction of sp³-hybridized carbons (Fsp3) is 0.364. The minimum atomic E-state index is -0.544. The van der Waals surface area contributed by atoms with E-state index < -0.39 is 6.10 Å². The second-order valence-electron chi connectivity index (χ2n) is 3.58. The average molecular weight is 262 g/mol. The van der Waals surface area contributed by atoms with E-state index in [1.807, 2.05) is 0 Å². The van der Waals surface area contributed by atoms with E-state index in [2.05, 4.69) is 5.32 Å². The number of aliphatic hydroxyl groups excluding tert-OH is 1. The van der Waals surface area contributed by atoms with Crippen LogP contribution < -0.4 is 5.32 Å². The molecule has 2 N–H and O–H groups in total. The summed E-state index contributed by atoms with van der Waals surface area (Å²) in [6.45, 7) is 1.86. The standard InChI is InChI=1S/C11H13Cl2NO2/c1-7(15)6-14-11(16)5-8-2-3-9(12)10(13)4-8/h2-4,7,15H,5-6H2,1H3,(H,14,16)/t7-/m1/s1. The highest BCUT2D eigenvalue weighted by molar-refractivity contribution is 6.42. The maximum absolute atomic E-state index is 11.4. The summed E-state index contributed by atoms with van der Waals surface area (Å²) >= 11 is 11.6. The molecule has 3 nitrogen and oxygen atoms in total. The first-order valence-corrected chi connectivity index (χ1v) is 5.63. The van der Waals surface area contributed by atoms with Crippen LogP contribution in [0.4, 0.5) is 0 Å². The molecule has 0 aliphatic rings. The molecule has 88 valence electrons. The number of carbonyl (C=O) groups excluding carboxylic acids is 1. The predicted octanol–water partition coefficient (Wildman–Crippen LogP) is 2.03. The number of aliphatic hydroxyl groups is 1. The van der Waals surface area contributed by atoms with Gasteiger partial charge in [0.1, 0.15) is 0 Å². The first kappa shape index (κ1) is 13.3. The summed E-state index contributed by atoms with van der Waals surface area (Å²) in [6.07, 6.45) is -0.318. The van der Waals surface area contributed by atoms with E-state index in [1.165, 1.54) is 0 Å². The molecule has 0 spiro atoms. The van der Waals surface area contributed by atoms with Crippen LogP contribution in [0.15, 0.2) is 18.2 Å². The number of rotatable bonds is 4. The minimum Gasteiger partial charge on any atom is -0.392 e. The van der Waals surface area contributed by atoms with Gasteiger partial charge in [-0.25, -0.2) is 0 Å². The Balaban J connectivity index is 2.53. The molecule has 1 rings (SSSR count). The smallest absolute Gasteiger partial charge is 0.224 e. The molecular weight excluding hydrogens is 249 g/mol. The van der Waals surface area contributed by atoms with Gasteiger partial charge in [-0.3, -0.25) is 4.79 Å². The van der Waals surface area contributed by atoms with Gasteiger partial charge in [-0.05, 0) is 24.6 Å². The molecule has 5 heteroatoms. The van der Waals surface area contributed by atoms with Crippen LogP contribution in [-0.4, -0.2) is 23.7 Å². The van der Waals surface area contributed by atoms with Gasteiger partial charge in [0.05, 0.1) is 22.6 Å². The number of hydrogen-bond donors (Lipinski definition) is 2. The van der Waals surface area contributed by atoms with Gasteiger partial charge in [0.15, 0.2) is 0 Å². The van der Waals surface area contributed by atoms with Gasteiger partial charge in [0, 0.05) is 6.54 Å². The Morgan fingerprint density at radius 1 is 1.44 bits per heavy atom. The molecule has 0 saturated heterocycles. The highest BCUT2D eigenvalue weighted by Gasteiger charge is 2.06. The van der Waals surface area contributed by atoms with Crippen LogP contribution in [0.25, 0.3) is 0 Å². The predicted molar refractivity (Wildman–Crippen MR) is 64.9 cm³/mol. The summed E-state index contributed by atoms with van der Waals surface area (Å²) in [6, 6.07) is 5.06. The van der Waals surface area contributed by atoms with Gasteiger partial charge in [-0.2, -0.15) is 0 Å². The quantitative estimate of drug-likeness (QED) is 0.872. The lowest BCUT2D eigenvalue weighted by molar-refractivity contribution is -0.120. The molecule has 0 fully saturated rings. The normalized spacial score (nSPS) is 12.2. The molecule has 0 aliphatic heterocycles. The van der Waals surface area contributed by atoms with Crippen LogP contribution in [0.3, 0.4) is 0 Å². The van der Waals surface area contributed by atoms with Crippen molar-refractivity contribution in [3.05, 3.63) is 33.8 Å². The van der Waals surface area contributed by atoms with Crippen LogP contribution in [0.1, 0.15) is 12.5 Å². The summed E-state index contributed by atoms with van der Waals surface area (Å²) in [5.41, 5.74) is 0.789. The third-order valence-electron chi connectivity index (χ3n) is 1.94. The average Bonchev–Trinajstić information content (AvgIpc) is 2.21. The van der Waals surface area contributed by atoms with Crippen LogP contribution in [0, 0.1) is 0 Å². The van der Waals surface area contributed by atoms with Gasteiger partial charge >= 0.3 is 0 Å². The molecule has 0 aromatic heterocycles. The molecule has 16 heavy (non-hydrogen) atoms. The van der Waals surface area contributed by atoms with E-state index >= 15 is 0 Å². The minimum absolute atomic E-state index is 0.153. The van der Waals surface area contributed by atoms with Gasteiger partial charge in [-0.1, -0.05) is 29.3 Å². The highest BCUT2D eigenvalue weighted by atomic mass is 35.5. The first-order valence-electron chi connectivity index (χ1n) is 4.87. The number of nitrogens with one attached hydrogen (secondary N) is 1. The Labute approximate surface area is 104 Å².